The maximum atomic E-state index is 13.1. The molecule has 1 aromatic carbocycles. The molecule has 0 N–H and O–H groups in total. The van der Waals surface area contributed by atoms with E-state index in [4.69, 9.17) is 4.74 Å². The van der Waals surface area contributed by atoms with Gasteiger partial charge >= 0.3 is 0 Å². The Bertz CT molecular complexity index is 913. The Morgan fingerprint density at radius 2 is 1.50 bits per heavy atom. The molecular weight excluding hydrogens is 430 g/mol. The van der Waals surface area contributed by atoms with Crippen LogP contribution in [0.25, 0.3) is 0 Å². The standard InChI is InChI=1S/C23H33N3O5S/c27-22(24-10-3-1-2-4-11-24)19-8-12-25(13-9-19)23(28)20-6-5-7-21(18-20)32(29,30)26-14-16-31-17-15-26/h5-7,18-19H,1-4,8-17H2. The van der Waals surface area contributed by atoms with E-state index in [9.17, 15) is 18.0 Å². The molecule has 32 heavy (non-hydrogen) atoms. The maximum Gasteiger partial charge on any atom is 0.253 e. The lowest BCUT2D eigenvalue weighted by atomic mass is 9.94. The minimum absolute atomic E-state index is 0.0230. The van der Waals surface area contributed by atoms with Gasteiger partial charge in [-0.3, -0.25) is 9.59 Å². The molecule has 3 aliphatic rings. The van der Waals surface area contributed by atoms with Crippen LogP contribution in [0.4, 0.5) is 0 Å². The summed E-state index contributed by atoms with van der Waals surface area (Å²) < 4.78 is 32.5. The quantitative estimate of drug-likeness (QED) is 0.681. The van der Waals surface area contributed by atoms with Gasteiger partial charge in [0.25, 0.3) is 5.91 Å². The van der Waals surface area contributed by atoms with Crippen molar-refractivity contribution in [1.82, 2.24) is 14.1 Å². The summed E-state index contributed by atoms with van der Waals surface area (Å²) in [6.07, 6.45) is 5.85. The highest BCUT2D eigenvalue weighted by Crippen LogP contribution is 2.24. The summed E-state index contributed by atoms with van der Waals surface area (Å²) in [4.78, 5) is 29.9. The summed E-state index contributed by atoms with van der Waals surface area (Å²) in [6.45, 7) is 4.13. The summed E-state index contributed by atoms with van der Waals surface area (Å²) in [7, 11) is -3.65. The third kappa shape index (κ3) is 5.15. The molecule has 2 amide bonds. The Kier molecular flexibility index (Phi) is 7.48. The molecular formula is C23H33N3O5S. The molecule has 1 aromatic rings. The molecule has 0 aromatic heterocycles. The van der Waals surface area contributed by atoms with Crippen LogP contribution in [0.5, 0.6) is 0 Å². The molecule has 0 spiro atoms. The molecule has 0 bridgehead atoms. The molecule has 3 aliphatic heterocycles. The van der Waals surface area contributed by atoms with Crippen LogP contribution < -0.4 is 0 Å². The number of hydrogen-bond acceptors (Lipinski definition) is 5. The van der Waals surface area contributed by atoms with Gasteiger partial charge in [-0.25, -0.2) is 8.42 Å². The summed E-state index contributed by atoms with van der Waals surface area (Å²) >= 11 is 0. The number of piperidine rings is 1. The van der Waals surface area contributed by atoms with E-state index in [1.54, 1.807) is 17.0 Å². The zero-order chi connectivity index (χ0) is 22.6. The minimum atomic E-state index is -3.65. The van der Waals surface area contributed by atoms with Crippen molar-refractivity contribution in [2.45, 2.75) is 43.4 Å². The first kappa shape index (κ1) is 23.2. The zero-order valence-corrected chi connectivity index (χ0v) is 19.4. The second-order valence-corrected chi connectivity index (χ2v) is 10.8. The lowest BCUT2D eigenvalue weighted by molar-refractivity contribution is -0.136. The monoisotopic (exact) mass is 463 g/mol. The third-order valence-corrected chi connectivity index (χ3v) is 8.63. The number of nitrogens with zero attached hydrogens (tertiary/aromatic N) is 3. The maximum absolute atomic E-state index is 13.1. The molecule has 4 rings (SSSR count). The Balaban J connectivity index is 1.38. The van der Waals surface area contributed by atoms with Gasteiger partial charge in [0.15, 0.2) is 0 Å². The van der Waals surface area contributed by atoms with E-state index in [-0.39, 0.29) is 22.6 Å². The van der Waals surface area contributed by atoms with Crippen LogP contribution in [0.1, 0.15) is 48.9 Å². The summed E-state index contributed by atoms with van der Waals surface area (Å²) in [6, 6.07) is 6.29. The number of amides is 2. The first-order valence-electron chi connectivity index (χ1n) is 11.7. The number of sulfonamides is 1. The topological polar surface area (TPSA) is 87.2 Å². The van der Waals surface area contributed by atoms with E-state index in [2.05, 4.69) is 0 Å². The largest absolute Gasteiger partial charge is 0.379 e. The Morgan fingerprint density at radius 1 is 0.844 bits per heavy atom. The first-order chi connectivity index (χ1) is 15.5. The molecule has 0 aliphatic carbocycles. The molecule has 9 heteroatoms. The highest BCUT2D eigenvalue weighted by molar-refractivity contribution is 7.89. The van der Waals surface area contributed by atoms with Crippen LogP contribution in [-0.4, -0.2) is 86.8 Å². The van der Waals surface area contributed by atoms with Crippen LogP contribution in [-0.2, 0) is 19.6 Å². The summed E-state index contributed by atoms with van der Waals surface area (Å²) in [5, 5.41) is 0. The predicted octanol–water partition coefficient (Wildman–Crippen LogP) is 1.96. The van der Waals surface area contributed by atoms with Gasteiger partial charge in [-0.15, -0.1) is 0 Å². The number of ether oxygens (including phenoxy) is 1. The molecule has 0 saturated carbocycles. The Hall–Kier alpha value is -1.97. The van der Waals surface area contributed by atoms with Crippen molar-refractivity contribution in [3.05, 3.63) is 29.8 Å². The van der Waals surface area contributed by atoms with E-state index in [0.717, 1.165) is 25.9 Å². The molecule has 3 fully saturated rings. The van der Waals surface area contributed by atoms with Crippen molar-refractivity contribution >= 4 is 21.8 Å². The molecule has 3 saturated heterocycles. The highest BCUT2D eigenvalue weighted by atomic mass is 32.2. The van der Waals surface area contributed by atoms with Crippen molar-refractivity contribution < 1.29 is 22.7 Å². The fraction of sp³-hybridized carbons (Fsp3) is 0.652. The second-order valence-electron chi connectivity index (χ2n) is 8.85. The van der Waals surface area contributed by atoms with Crippen molar-refractivity contribution in [3.8, 4) is 0 Å². The van der Waals surface area contributed by atoms with Gasteiger partial charge in [-0.1, -0.05) is 18.9 Å². The van der Waals surface area contributed by atoms with Gasteiger partial charge in [0.2, 0.25) is 15.9 Å². The van der Waals surface area contributed by atoms with Crippen LogP contribution in [0.15, 0.2) is 29.2 Å². The van der Waals surface area contributed by atoms with Crippen LogP contribution in [0.2, 0.25) is 0 Å². The zero-order valence-electron chi connectivity index (χ0n) is 18.6. The number of rotatable bonds is 4. The SMILES string of the molecule is O=C(c1cccc(S(=O)(=O)N2CCOCC2)c1)N1CCC(C(=O)N2CCCCCC2)CC1. The average molecular weight is 464 g/mol. The summed E-state index contributed by atoms with van der Waals surface area (Å²) in [5.41, 5.74) is 0.372. The predicted molar refractivity (Wildman–Crippen MR) is 120 cm³/mol. The van der Waals surface area contributed by atoms with Gasteiger partial charge in [-0.2, -0.15) is 4.31 Å². The average Bonchev–Trinajstić information content (AvgIpc) is 3.13. The summed E-state index contributed by atoms with van der Waals surface area (Å²) in [5.74, 6) is 0.0347. The number of carbonyl (C=O) groups is 2. The van der Waals surface area contributed by atoms with Crippen molar-refractivity contribution in [3.63, 3.8) is 0 Å². The van der Waals surface area contributed by atoms with E-state index >= 15 is 0 Å². The van der Waals surface area contributed by atoms with E-state index < -0.39 is 10.0 Å². The van der Waals surface area contributed by atoms with Crippen LogP contribution >= 0.6 is 0 Å². The lowest BCUT2D eigenvalue weighted by Crippen LogP contribution is -2.44. The number of likely N-dealkylation sites (tertiary alicyclic amines) is 2. The lowest BCUT2D eigenvalue weighted by Gasteiger charge is -2.34. The Labute approximate surface area is 190 Å². The Morgan fingerprint density at radius 3 is 2.16 bits per heavy atom. The van der Waals surface area contributed by atoms with Gasteiger partial charge < -0.3 is 14.5 Å². The van der Waals surface area contributed by atoms with E-state index in [0.29, 0.717) is 57.8 Å². The highest BCUT2D eigenvalue weighted by Gasteiger charge is 2.32. The van der Waals surface area contributed by atoms with Crippen molar-refractivity contribution in [2.24, 2.45) is 5.92 Å². The smallest absolute Gasteiger partial charge is 0.253 e. The number of carbonyl (C=O) groups excluding carboxylic acids is 2. The van der Waals surface area contributed by atoms with Crippen LogP contribution in [0.3, 0.4) is 0 Å². The molecule has 176 valence electrons. The van der Waals surface area contributed by atoms with Gasteiger partial charge in [0, 0.05) is 50.7 Å². The second kappa shape index (κ2) is 10.3. The van der Waals surface area contributed by atoms with Crippen molar-refractivity contribution in [2.75, 3.05) is 52.5 Å². The number of morpholine rings is 1. The molecule has 3 heterocycles. The molecule has 8 nitrogen and oxygen atoms in total. The molecule has 0 unspecified atom stereocenters. The van der Waals surface area contributed by atoms with Gasteiger partial charge in [0.1, 0.15) is 0 Å². The normalized spacial score (nSPS) is 21.9. The number of hydrogen-bond donors (Lipinski definition) is 0. The first-order valence-corrected chi connectivity index (χ1v) is 13.2. The van der Waals surface area contributed by atoms with E-state index in [1.165, 1.54) is 29.3 Å². The molecule has 0 atom stereocenters. The van der Waals surface area contributed by atoms with Crippen molar-refractivity contribution in [1.29, 1.82) is 0 Å². The fourth-order valence-corrected chi connectivity index (χ4v) is 6.24. The third-order valence-electron chi connectivity index (χ3n) is 6.74. The molecule has 0 radical (unpaired) electrons. The van der Waals surface area contributed by atoms with Gasteiger partial charge in [-0.05, 0) is 43.9 Å². The van der Waals surface area contributed by atoms with Crippen LogP contribution in [0, 0.1) is 5.92 Å². The minimum Gasteiger partial charge on any atom is -0.379 e. The number of benzene rings is 1. The van der Waals surface area contributed by atoms with E-state index in [1.807, 2.05) is 4.90 Å². The fourth-order valence-electron chi connectivity index (χ4n) is 4.79. The van der Waals surface area contributed by atoms with Gasteiger partial charge in [0.05, 0.1) is 18.1 Å².